The van der Waals surface area contributed by atoms with Crippen molar-refractivity contribution in [1.82, 2.24) is 0 Å². The van der Waals surface area contributed by atoms with Crippen molar-refractivity contribution >= 4 is 0 Å². The van der Waals surface area contributed by atoms with Gasteiger partial charge < -0.3 is 9.47 Å². The van der Waals surface area contributed by atoms with Crippen molar-refractivity contribution in [2.45, 2.75) is 48.5 Å². The maximum Gasteiger partial charge on any atom is 0.125 e. The van der Waals surface area contributed by atoms with Gasteiger partial charge in [0.05, 0.1) is 14.2 Å². The fourth-order valence-electron chi connectivity index (χ4n) is 3.13. The van der Waals surface area contributed by atoms with Crippen molar-refractivity contribution in [1.29, 1.82) is 0 Å². The molecule has 0 saturated heterocycles. The van der Waals surface area contributed by atoms with Crippen LogP contribution in [0.25, 0.3) is 0 Å². The zero-order chi connectivity index (χ0) is 18.3. The van der Waals surface area contributed by atoms with Crippen molar-refractivity contribution in [3.8, 4) is 11.5 Å². The Balaban J connectivity index is 0.000000449. The summed E-state index contributed by atoms with van der Waals surface area (Å²) in [6, 6.07) is 8.54. The zero-order valence-corrected chi connectivity index (χ0v) is 16.1. The molecule has 0 N–H and O–H groups in total. The van der Waals surface area contributed by atoms with Crippen LogP contribution in [-0.4, -0.2) is 14.2 Å². The lowest BCUT2D eigenvalue weighted by molar-refractivity contribution is 0.407. The van der Waals surface area contributed by atoms with Crippen LogP contribution in [0.3, 0.4) is 0 Å². The number of hydrogen-bond acceptors (Lipinski definition) is 2. The van der Waals surface area contributed by atoms with Crippen molar-refractivity contribution in [2.75, 3.05) is 14.2 Å². The summed E-state index contributed by atoms with van der Waals surface area (Å²) in [5.41, 5.74) is 7.40. The molecule has 2 nitrogen and oxygen atoms in total. The van der Waals surface area contributed by atoms with Crippen LogP contribution < -0.4 is 9.47 Å². The van der Waals surface area contributed by atoms with Crippen molar-refractivity contribution in [2.24, 2.45) is 0 Å². The molecule has 0 aliphatic heterocycles. The molecule has 0 aliphatic rings. The maximum atomic E-state index is 5.34. The van der Waals surface area contributed by atoms with E-state index in [-0.39, 0.29) is 7.43 Å². The van der Waals surface area contributed by atoms with E-state index in [1.54, 1.807) is 14.2 Å². The van der Waals surface area contributed by atoms with Gasteiger partial charge in [-0.15, -0.1) is 6.58 Å². The van der Waals surface area contributed by atoms with Gasteiger partial charge in [0.25, 0.3) is 0 Å². The van der Waals surface area contributed by atoms with E-state index in [2.05, 4.69) is 65.5 Å². The van der Waals surface area contributed by atoms with E-state index in [4.69, 9.17) is 9.47 Å². The largest absolute Gasteiger partial charge is 0.496 e. The molecule has 2 rings (SSSR count). The van der Waals surface area contributed by atoms with E-state index in [0.29, 0.717) is 0 Å². The van der Waals surface area contributed by atoms with Crippen LogP contribution in [0, 0.1) is 34.6 Å². The lowest BCUT2D eigenvalue weighted by Crippen LogP contribution is -1.94. The molecule has 0 unspecified atom stereocenters. The van der Waals surface area contributed by atoms with E-state index in [9.17, 15) is 0 Å². The van der Waals surface area contributed by atoms with Gasteiger partial charge in [0, 0.05) is 0 Å². The highest BCUT2D eigenvalue weighted by Crippen LogP contribution is 2.25. The minimum absolute atomic E-state index is 0. The third-order valence-corrected chi connectivity index (χ3v) is 3.87. The molecule has 0 radical (unpaired) electrons. The Hall–Kier alpha value is -2.22. The summed E-state index contributed by atoms with van der Waals surface area (Å²) in [5.74, 6) is 2.00. The number of methoxy groups -OCH3 is 2. The lowest BCUT2D eigenvalue weighted by atomic mass is 10.0. The Bertz CT molecular complexity index is 676. The first-order chi connectivity index (χ1) is 11.3. The predicted octanol–water partition coefficient (Wildman–Crippen LogP) is 6.30. The van der Waals surface area contributed by atoms with Crippen molar-refractivity contribution in [3.63, 3.8) is 0 Å². The first kappa shape index (κ1) is 22.8. The van der Waals surface area contributed by atoms with E-state index >= 15 is 0 Å². The topological polar surface area (TPSA) is 18.5 Å². The van der Waals surface area contributed by atoms with E-state index in [0.717, 1.165) is 17.9 Å². The fraction of sp³-hybridized carbons (Fsp3) is 0.391. The molecular formula is C23H34O2. The number of rotatable bonds is 4. The average Bonchev–Trinajstić information content (AvgIpc) is 2.47. The van der Waals surface area contributed by atoms with Gasteiger partial charge in [0.15, 0.2) is 0 Å². The van der Waals surface area contributed by atoms with Crippen LogP contribution in [0.4, 0.5) is 0 Å². The standard InChI is InChI=1S/C12H16O.C10H14O.CH4/c1-5-6-11-8-9(2)7-10(3)12(11)13-4;1-7-5-8(2)10(11-4)9(3)6-7;/h5,7-8H,1,6H2,2-4H3;5-6H,1-4H3;1H4. The molecule has 0 spiro atoms. The third-order valence-electron chi connectivity index (χ3n) is 3.87. The first-order valence-corrected chi connectivity index (χ1v) is 8.20. The third kappa shape index (κ3) is 6.30. The van der Waals surface area contributed by atoms with Crippen LogP contribution in [-0.2, 0) is 6.42 Å². The number of benzene rings is 2. The number of hydrogen-bond donors (Lipinski definition) is 0. The van der Waals surface area contributed by atoms with Gasteiger partial charge in [-0.25, -0.2) is 0 Å². The average molecular weight is 343 g/mol. The second-order valence-electron chi connectivity index (χ2n) is 6.20. The van der Waals surface area contributed by atoms with E-state index in [1.807, 2.05) is 6.08 Å². The minimum Gasteiger partial charge on any atom is -0.496 e. The van der Waals surface area contributed by atoms with Gasteiger partial charge in [-0.2, -0.15) is 0 Å². The highest BCUT2D eigenvalue weighted by Gasteiger charge is 2.05. The predicted molar refractivity (Wildman–Crippen MR) is 110 cm³/mol. The number of allylic oxidation sites excluding steroid dienone is 1. The first-order valence-electron chi connectivity index (χ1n) is 8.20. The molecule has 0 fully saturated rings. The molecular weight excluding hydrogens is 308 g/mol. The summed E-state index contributed by atoms with van der Waals surface area (Å²) in [6.07, 6.45) is 2.77. The number of aryl methyl sites for hydroxylation is 5. The van der Waals surface area contributed by atoms with Crippen LogP contribution in [0.1, 0.15) is 40.8 Å². The molecule has 0 bridgehead atoms. The van der Waals surface area contributed by atoms with Gasteiger partial charge in [-0.05, 0) is 63.3 Å². The monoisotopic (exact) mass is 342 g/mol. The van der Waals surface area contributed by atoms with Crippen LogP contribution in [0.15, 0.2) is 36.9 Å². The molecule has 0 heterocycles. The Morgan fingerprint density at radius 2 is 1.16 bits per heavy atom. The second-order valence-corrected chi connectivity index (χ2v) is 6.20. The SMILES string of the molecule is C.C=CCc1cc(C)cc(C)c1OC.COc1c(C)cc(C)cc1C. The van der Waals surface area contributed by atoms with Gasteiger partial charge in [-0.3, -0.25) is 0 Å². The van der Waals surface area contributed by atoms with Gasteiger partial charge >= 0.3 is 0 Å². The lowest BCUT2D eigenvalue weighted by Gasteiger charge is -2.11. The summed E-state index contributed by atoms with van der Waals surface area (Å²) in [5, 5.41) is 0. The van der Waals surface area contributed by atoms with Gasteiger partial charge in [-0.1, -0.05) is 48.9 Å². The van der Waals surface area contributed by atoms with Crippen molar-refractivity contribution in [3.05, 3.63) is 70.3 Å². The molecule has 0 aromatic heterocycles. The Morgan fingerprint density at radius 1 is 0.760 bits per heavy atom. The molecule has 138 valence electrons. The smallest absolute Gasteiger partial charge is 0.125 e. The molecule has 2 aromatic carbocycles. The Kier molecular flexibility index (Phi) is 9.66. The Morgan fingerprint density at radius 3 is 1.56 bits per heavy atom. The maximum absolute atomic E-state index is 5.34. The highest BCUT2D eigenvalue weighted by atomic mass is 16.5. The summed E-state index contributed by atoms with van der Waals surface area (Å²) >= 11 is 0. The molecule has 2 aromatic rings. The number of ether oxygens (including phenoxy) is 2. The van der Waals surface area contributed by atoms with Crippen LogP contribution in [0.5, 0.6) is 11.5 Å². The quantitative estimate of drug-likeness (QED) is 0.607. The van der Waals surface area contributed by atoms with Crippen LogP contribution in [0.2, 0.25) is 0 Å². The Labute approximate surface area is 154 Å². The highest BCUT2D eigenvalue weighted by molar-refractivity contribution is 5.44. The molecule has 2 heteroatoms. The van der Waals surface area contributed by atoms with Crippen molar-refractivity contribution < 1.29 is 9.47 Å². The molecule has 0 atom stereocenters. The minimum atomic E-state index is 0. The van der Waals surface area contributed by atoms with E-state index in [1.165, 1.54) is 33.4 Å². The fourth-order valence-corrected chi connectivity index (χ4v) is 3.13. The van der Waals surface area contributed by atoms with E-state index < -0.39 is 0 Å². The molecule has 0 saturated carbocycles. The van der Waals surface area contributed by atoms with Gasteiger partial charge in [0.2, 0.25) is 0 Å². The summed E-state index contributed by atoms with van der Waals surface area (Å²) in [6.45, 7) is 14.1. The molecule has 0 aliphatic carbocycles. The second kappa shape index (κ2) is 10.6. The zero-order valence-electron chi connectivity index (χ0n) is 16.1. The normalized spacial score (nSPS) is 9.40. The summed E-state index contributed by atoms with van der Waals surface area (Å²) < 4.78 is 10.6. The summed E-state index contributed by atoms with van der Waals surface area (Å²) in [7, 11) is 3.43. The summed E-state index contributed by atoms with van der Waals surface area (Å²) in [4.78, 5) is 0. The molecule has 0 amide bonds. The molecule has 25 heavy (non-hydrogen) atoms. The van der Waals surface area contributed by atoms with Gasteiger partial charge in [0.1, 0.15) is 11.5 Å². The van der Waals surface area contributed by atoms with Crippen LogP contribution >= 0.6 is 0 Å².